The molecule has 0 heterocycles. The number of hydrogen-bond acceptors (Lipinski definition) is 5. The third kappa shape index (κ3) is 12.8. The number of amides is 1. The van der Waals surface area contributed by atoms with Crippen LogP contribution >= 0.6 is 0 Å². The summed E-state index contributed by atoms with van der Waals surface area (Å²) in [5.74, 6) is -0.0488. The Kier molecular flexibility index (Phi) is 15.9. The highest BCUT2D eigenvalue weighted by atomic mass is 16.5. The molecule has 3 N–H and O–H groups in total. The van der Waals surface area contributed by atoms with Gasteiger partial charge in [-0.15, -0.1) is 13.2 Å². The molecule has 2 rings (SSSR count). The Morgan fingerprint density at radius 3 is 2.49 bits per heavy atom. The van der Waals surface area contributed by atoms with Crippen molar-refractivity contribution in [1.82, 2.24) is 4.90 Å². The molecule has 1 aromatic carbocycles. The Labute approximate surface area is 223 Å². The predicted molar refractivity (Wildman–Crippen MR) is 158 cm³/mol. The van der Waals surface area contributed by atoms with Crippen molar-refractivity contribution in [2.75, 3.05) is 37.9 Å². The first kappa shape index (κ1) is 31.5. The van der Waals surface area contributed by atoms with Gasteiger partial charge in [0.15, 0.2) is 5.76 Å². The van der Waals surface area contributed by atoms with Crippen molar-refractivity contribution >= 4 is 17.3 Å². The van der Waals surface area contributed by atoms with Gasteiger partial charge < -0.3 is 25.4 Å². The molecule has 0 fully saturated rings. The zero-order chi connectivity index (χ0) is 27.5. The lowest BCUT2D eigenvalue weighted by atomic mass is 10.1. The summed E-state index contributed by atoms with van der Waals surface area (Å²) >= 11 is 0. The van der Waals surface area contributed by atoms with Crippen LogP contribution < -0.4 is 10.6 Å². The summed E-state index contributed by atoms with van der Waals surface area (Å²) in [5.41, 5.74) is 2.67. The van der Waals surface area contributed by atoms with Crippen LogP contribution in [0.1, 0.15) is 46.0 Å². The standard InChI is InChI=1S/C29H41N3O3.C2H4/c1-5-7-21-35-27-13-8-11-23(15-20-27)12-9-14-28(33)29(34)31-25-18-16-24(17-19-25)30-22-26(10-6-2)32(3)4;1-2/h8-9,12-20,26,30,33H,5-7,10-11,21-22H2,1-4H3,(H,31,34);1-2H2/b12-9+,28-14-;. The molecule has 0 aliphatic heterocycles. The molecule has 1 aliphatic rings. The molecule has 0 spiro atoms. The van der Waals surface area contributed by atoms with Crippen molar-refractivity contribution < 1.29 is 14.6 Å². The van der Waals surface area contributed by atoms with Crippen LogP contribution in [0.4, 0.5) is 11.4 Å². The average Bonchev–Trinajstić information content (AvgIpc) is 3.13. The molecule has 1 aliphatic carbocycles. The number of allylic oxidation sites excluding steroid dienone is 8. The summed E-state index contributed by atoms with van der Waals surface area (Å²) in [4.78, 5) is 14.6. The van der Waals surface area contributed by atoms with Crippen molar-refractivity contribution in [3.63, 3.8) is 0 Å². The molecule has 202 valence electrons. The van der Waals surface area contributed by atoms with Gasteiger partial charge in [-0.25, -0.2) is 0 Å². The van der Waals surface area contributed by atoms with Gasteiger partial charge in [-0.3, -0.25) is 4.79 Å². The number of aliphatic hydroxyl groups excluding tert-OH is 1. The Hall–Kier alpha value is -3.51. The Balaban J connectivity index is 0.00000334. The number of hydrogen-bond donors (Lipinski definition) is 3. The van der Waals surface area contributed by atoms with Crippen molar-refractivity contribution in [1.29, 1.82) is 0 Å². The zero-order valence-electron chi connectivity index (χ0n) is 23.0. The lowest BCUT2D eigenvalue weighted by Crippen LogP contribution is -2.34. The van der Waals surface area contributed by atoms with Gasteiger partial charge in [0.1, 0.15) is 5.76 Å². The number of anilines is 2. The second kappa shape index (κ2) is 18.7. The molecule has 0 radical (unpaired) electrons. The van der Waals surface area contributed by atoms with Gasteiger partial charge in [0.2, 0.25) is 0 Å². The fraction of sp³-hybridized carbons (Fsp3) is 0.387. The Morgan fingerprint density at radius 2 is 1.84 bits per heavy atom. The van der Waals surface area contributed by atoms with Gasteiger partial charge in [-0.2, -0.15) is 0 Å². The van der Waals surface area contributed by atoms with E-state index in [0.29, 0.717) is 18.3 Å². The number of ether oxygens (including phenoxy) is 1. The summed E-state index contributed by atoms with van der Waals surface area (Å²) in [6.07, 6.45) is 18.1. The van der Waals surface area contributed by atoms with E-state index in [1.807, 2.05) is 54.6 Å². The molecule has 0 bridgehead atoms. The van der Waals surface area contributed by atoms with Crippen LogP contribution in [-0.2, 0) is 9.53 Å². The number of benzene rings is 1. The fourth-order valence-corrected chi connectivity index (χ4v) is 3.49. The lowest BCUT2D eigenvalue weighted by Gasteiger charge is -2.24. The molecule has 1 aromatic rings. The fourth-order valence-electron chi connectivity index (χ4n) is 3.49. The molecule has 6 nitrogen and oxygen atoms in total. The van der Waals surface area contributed by atoms with E-state index in [-0.39, 0.29) is 5.76 Å². The molecular weight excluding hydrogens is 462 g/mol. The highest BCUT2D eigenvalue weighted by Gasteiger charge is 2.10. The minimum absolute atomic E-state index is 0.347. The number of likely N-dealkylation sites (N-methyl/N-ethyl adjacent to an activating group) is 1. The van der Waals surface area contributed by atoms with Crippen molar-refractivity contribution in [2.24, 2.45) is 0 Å². The number of unbranched alkanes of at least 4 members (excludes halogenated alkanes) is 1. The van der Waals surface area contributed by atoms with Crippen LogP contribution in [0.5, 0.6) is 0 Å². The first-order valence-electron chi connectivity index (χ1n) is 13.0. The quantitative estimate of drug-likeness (QED) is 0.0819. The van der Waals surface area contributed by atoms with Crippen molar-refractivity contribution in [2.45, 2.75) is 52.0 Å². The predicted octanol–water partition coefficient (Wildman–Crippen LogP) is 7.15. The number of rotatable bonds is 14. The molecule has 1 atom stereocenters. The molecule has 0 aromatic heterocycles. The highest BCUT2D eigenvalue weighted by Crippen LogP contribution is 2.16. The highest BCUT2D eigenvalue weighted by molar-refractivity contribution is 6.02. The number of carbonyl (C=O) groups excluding carboxylic acids is 1. The second-order valence-electron chi connectivity index (χ2n) is 8.85. The van der Waals surface area contributed by atoms with Gasteiger partial charge in [0, 0.05) is 24.0 Å². The first-order valence-corrected chi connectivity index (χ1v) is 13.0. The van der Waals surface area contributed by atoms with Crippen LogP contribution in [0, 0.1) is 0 Å². The topological polar surface area (TPSA) is 73.8 Å². The number of carbonyl (C=O) groups is 1. The molecule has 0 saturated carbocycles. The van der Waals surface area contributed by atoms with Crippen LogP contribution in [0.25, 0.3) is 0 Å². The van der Waals surface area contributed by atoms with E-state index in [4.69, 9.17) is 4.74 Å². The van der Waals surface area contributed by atoms with Crippen LogP contribution in [-0.4, -0.2) is 49.2 Å². The summed E-state index contributed by atoms with van der Waals surface area (Å²) in [6.45, 7) is 11.9. The van der Waals surface area contributed by atoms with Gasteiger partial charge in [-0.1, -0.05) is 51.0 Å². The monoisotopic (exact) mass is 507 g/mol. The third-order valence-electron chi connectivity index (χ3n) is 5.70. The summed E-state index contributed by atoms with van der Waals surface area (Å²) < 4.78 is 5.73. The molecule has 0 saturated heterocycles. The summed E-state index contributed by atoms with van der Waals surface area (Å²) in [6, 6.07) is 7.96. The summed E-state index contributed by atoms with van der Waals surface area (Å²) in [7, 11) is 4.19. The number of nitrogens with zero attached hydrogens (tertiary/aromatic N) is 1. The van der Waals surface area contributed by atoms with Gasteiger partial charge in [0.25, 0.3) is 5.91 Å². The summed E-state index contributed by atoms with van der Waals surface area (Å²) in [5, 5.41) is 16.3. The van der Waals surface area contributed by atoms with Crippen molar-refractivity contribution in [3.05, 3.63) is 97.0 Å². The maximum Gasteiger partial charge on any atom is 0.290 e. The van der Waals surface area contributed by atoms with E-state index < -0.39 is 5.91 Å². The van der Waals surface area contributed by atoms with Crippen LogP contribution in [0.2, 0.25) is 0 Å². The van der Waals surface area contributed by atoms with Crippen molar-refractivity contribution in [3.8, 4) is 0 Å². The molecule has 1 amide bonds. The zero-order valence-corrected chi connectivity index (χ0v) is 23.0. The van der Waals surface area contributed by atoms with E-state index in [1.54, 1.807) is 6.08 Å². The van der Waals surface area contributed by atoms with E-state index in [1.165, 1.54) is 6.08 Å². The number of aliphatic hydroxyl groups is 1. The Bertz CT molecular complexity index is 956. The van der Waals surface area contributed by atoms with Crippen LogP contribution in [0.15, 0.2) is 97.0 Å². The second-order valence-corrected chi connectivity index (χ2v) is 8.85. The first-order chi connectivity index (χ1) is 17.9. The smallest absolute Gasteiger partial charge is 0.290 e. The molecule has 6 heteroatoms. The maximum absolute atomic E-state index is 12.3. The normalized spacial score (nSPS) is 14.2. The third-order valence-corrected chi connectivity index (χ3v) is 5.70. The largest absolute Gasteiger partial charge is 0.503 e. The molecule has 1 unspecified atom stereocenters. The lowest BCUT2D eigenvalue weighted by molar-refractivity contribution is -0.115. The van der Waals surface area contributed by atoms with E-state index >= 15 is 0 Å². The van der Waals surface area contributed by atoms with E-state index in [2.05, 4.69) is 56.6 Å². The minimum atomic E-state index is -0.549. The maximum atomic E-state index is 12.3. The minimum Gasteiger partial charge on any atom is -0.503 e. The van der Waals surface area contributed by atoms with Crippen LogP contribution in [0.3, 0.4) is 0 Å². The van der Waals surface area contributed by atoms with E-state index in [0.717, 1.165) is 55.7 Å². The van der Waals surface area contributed by atoms with E-state index in [9.17, 15) is 9.90 Å². The molecule has 37 heavy (non-hydrogen) atoms. The van der Waals surface area contributed by atoms with Gasteiger partial charge in [0.05, 0.1) is 6.61 Å². The van der Waals surface area contributed by atoms with Gasteiger partial charge in [-0.05, 0) is 81.4 Å². The number of nitrogens with one attached hydrogen (secondary N) is 2. The van der Waals surface area contributed by atoms with Gasteiger partial charge >= 0.3 is 0 Å². The SMILES string of the molecule is C=C.CCCCOC1=CC=C(/C=C/C=C(\O)C(=O)Nc2ccc(NCC(CCC)N(C)C)cc2)CC=C1. The molecular formula is C31H45N3O3. The Morgan fingerprint density at radius 1 is 1.14 bits per heavy atom. The average molecular weight is 508 g/mol.